The topological polar surface area (TPSA) is 84.2 Å². The van der Waals surface area contributed by atoms with Crippen molar-refractivity contribution in [3.05, 3.63) is 23.2 Å². The number of nitrogens with two attached hydrogens (primary N) is 1. The Kier molecular flexibility index (Phi) is 5.98. The van der Waals surface area contributed by atoms with Gasteiger partial charge in [0.25, 0.3) is 0 Å². The molecule has 0 bridgehead atoms. The van der Waals surface area contributed by atoms with E-state index in [2.05, 4.69) is 10.6 Å². The van der Waals surface area contributed by atoms with E-state index in [-0.39, 0.29) is 17.7 Å². The number of hydrogen-bond acceptors (Lipinski definition) is 3. The van der Waals surface area contributed by atoms with Crippen LogP contribution in [0.15, 0.2) is 18.2 Å². The van der Waals surface area contributed by atoms with Crippen LogP contribution in [0.2, 0.25) is 5.02 Å². The monoisotopic (exact) mass is 297 g/mol. The molecule has 0 saturated carbocycles. The maximum Gasteiger partial charge on any atom is 0.241 e. The zero-order chi connectivity index (χ0) is 15.3. The van der Waals surface area contributed by atoms with Gasteiger partial charge in [0.15, 0.2) is 0 Å². The van der Waals surface area contributed by atoms with E-state index in [9.17, 15) is 9.59 Å². The van der Waals surface area contributed by atoms with Crippen LogP contribution in [-0.4, -0.2) is 17.9 Å². The van der Waals surface area contributed by atoms with Gasteiger partial charge in [-0.2, -0.15) is 0 Å². The molecule has 0 aromatic heterocycles. The third-order valence-electron chi connectivity index (χ3n) is 3.11. The van der Waals surface area contributed by atoms with Crippen LogP contribution in [0.4, 0.5) is 11.4 Å². The van der Waals surface area contributed by atoms with E-state index in [0.717, 1.165) is 6.42 Å². The summed E-state index contributed by atoms with van der Waals surface area (Å²) in [5.74, 6) is -0.353. The van der Waals surface area contributed by atoms with Crippen molar-refractivity contribution in [1.82, 2.24) is 0 Å². The van der Waals surface area contributed by atoms with Gasteiger partial charge >= 0.3 is 0 Å². The second-order valence-corrected chi connectivity index (χ2v) is 5.18. The Hall–Kier alpha value is -1.59. The van der Waals surface area contributed by atoms with Gasteiger partial charge in [-0.25, -0.2) is 0 Å². The Morgan fingerprint density at radius 2 is 2.00 bits per heavy atom. The lowest BCUT2D eigenvalue weighted by Crippen LogP contribution is -2.40. The van der Waals surface area contributed by atoms with Gasteiger partial charge in [-0.3, -0.25) is 9.59 Å². The lowest BCUT2D eigenvalue weighted by atomic mass is 9.99. The minimum atomic E-state index is -0.561. The maximum atomic E-state index is 11.9. The van der Waals surface area contributed by atoms with E-state index < -0.39 is 6.04 Å². The van der Waals surface area contributed by atoms with Crippen molar-refractivity contribution in [2.24, 2.45) is 11.7 Å². The van der Waals surface area contributed by atoms with Gasteiger partial charge in [-0.1, -0.05) is 31.9 Å². The number of anilines is 2. The van der Waals surface area contributed by atoms with Crippen LogP contribution in [-0.2, 0) is 9.59 Å². The van der Waals surface area contributed by atoms with E-state index in [1.807, 2.05) is 13.8 Å². The van der Waals surface area contributed by atoms with Gasteiger partial charge in [0, 0.05) is 12.6 Å². The Bertz CT molecular complexity index is 505. The molecule has 0 heterocycles. The molecule has 0 fully saturated rings. The third-order valence-corrected chi connectivity index (χ3v) is 3.42. The lowest BCUT2D eigenvalue weighted by Gasteiger charge is -2.18. The van der Waals surface area contributed by atoms with Crippen molar-refractivity contribution in [2.75, 3.05) is 10.6 Å². The summed E-state index contributed by atoms with van der Waals surface area (Å²) < 4.78 is 0. The Balaban J connectivity index is 2.76. The third kappa shape index (κ3) is 4.51. The summed E-state index contributed by atoms with van der Waals surface area (Å²) in [6, 6.07) is 4.31. The molecule has 6 heteroatoms. The first kappa shape index (κ1) is 16.5. The first-order chi connectivity index (χ1) is 9.35. The van der Waals surface area contributed by atoms with Crippen LogP contribution in [0.1, 0.15) is 27.2 Å². The smallest absolute Gasteiger partial charge is 0.241 e. The van der Waals surface area contributed by atoms with E-state index in [4.69, 9.17) is 17.3 Å². The molecule has 1 aromatic carbocycles. The number of amides is 2. The van der Waals surface area contributed by atoms with Crippen LogP contribution in [0.5, 0.6) is 0 Å². The van der Waals surface area contributed by atoms with Crippen LogP contribution >= 0.6 is 11.6 Å². The number of carbonyl (C=O) groups excluding carboxylic acids is 2. The van der Waals surface area contributed by atoms with Crippen LogP contribution in [0.25, 0.3) is 0 Å². The highest BCUT2D eigenvalue weighted by Crippen LogP contribution is 2.25. The molecular weight excluding hydrogens is 278 g/mol. The van der Waals surface area contributed by atoms with Gasteiger partial charge < -0.3 is 16.4 Å². The summed E-state index contributed by atoms with van der Waals surface area (Å²) in [5.41, 5.74) is 6.90. The van der Waals surface area contributed by atoms with Crippen molar-refractivity contribution in [1.29, 1.82) is 0 Å². The zero-order valence-electron chi connectivity index (χ0n) is 11.9. The number of rotatable bonds is 5. The first-order valence-electron chi connectivity index (χ1n) is 6.48. The SMILES string of the molecule is CCC(C)[C@H](N)C(=O)Nc1ccc(NC(C)=O)c(Cl)c1. The summed E-state index contributed by atoms with van der Waals surface area (Å²) in [5, 5.41) is 5.67. The van der Waals surface area contributed by atoms with Crippen LogP contribution < -0.4 is 16.4 Å². The largest absolute Gasteiger partial charge is 0.325 e. The van der Waals surface area contributed by atoms with Crippen molar-refractivity contribution < 1.29 is 9.59 Å². The van der Waals surface area contributed by atoms with E-state index in [0.29, 0.717) is 16.4 Å². The second kappa shape index (κ2) is 7.26. The zero-order valence-corrected chi connectivity index (χ0v) is 12.6. The van der Waals surface area contributed by atoms with Crippen molar-refractivity contribution in [3.8, 4) is 0 Å². The predicted molar refractivity (Wildman–Crippen MR) is 81.8 cm³/mol. The van der Waals surface area contributed by atoms with Gasteiger partial charge in [0.1, 0.15) is 0 Å². The van der Waals surface area contributed by atoms with Gasteiger partial charge in [0.2, 0.25) is 11.8 Å². The first-order valence-corrected chi connectivity index (χ1v) is 6.86. The molecule has 5 nitrogen and oxygen atoms in total. The molecule has 110 valence electrons. The molecule has 0 spiro atoms. The molecule has 0 aliphatic carbocycles. The molecule has 1 rings (SSSR count). The van der Waals surface area contributed by atoms with Crippen LogP contribution in [0, 0.1) is 5.92 Å². The highest BCUT2D eigenvalue weighted by Gasteiger charge is 2.19. The minimum absolute atomic E-state index is 0.101. The highest BCUT2D eigenvalue weighted by atomic mass is 35.5. The fourth-order valence-corrected chi connectivity index (χ4v) is 1.85. The quantitative estimate of drug-likeness (QED) is 0.781. The average Bonchev–Trinajstić information content (AvgIpc) is 2.39. The number of halogens is 1. The molecule has 4 N–H and O–H groups in total. The number of benzene rings is 1. The Morgan fingerprint density at radius 3 is 2.50 bits per heavy atom. The Labute approximate surface area is 123 Å². The summed E-state index contributed by atoms with van der Waals surface area (Å²) >= 11 is 6.03. The summed E-state index contributed by atoms with van der Waals surface area (Å²) in [6.45, 7) is 5.31. The van der Waals surface area contributed by atoms with Crippen molar-refractivity contribution >= 4 is 34.8 Å². The second-order valence-electron chi connectivity index (χ2n) is 4.78. The van der Waals surface area contributed by atoms with E-state index in [1.54, 1.807) is 18.2 Å². The lowest BCUT2D eigenvalue weighted by molar-refractivity contribution is -0.118. The molecule has 1 aromatic rings. The summed E-state index contributed by atoms with van der Waals surface area (Å²) in [7, 11) is 0. The van der Waals surface area contributed by atoms with Gasteiger partial charge in [-0.05, 0) is 24.1 Å². The molecule has 2 atom stereocenters. The van der Waals surface area contributed by atoms with Crippen molar-refractivity contribution in [3.63, 3.8) is 0 Å². The fourth-order valence-electron chi connectivity index (χ4n) is 1.62. The van der Waals surface area contributed by atoms with Crippen LogP contribution in [0.3, 0.4) is 0 Å². The number of nitrogens with one attached hydrogen (secondary N) is 2. The molecular formula is C14H20ClN3O2. The van der Waals surface area contributed by atoms with E-state index in [1.165, 1.54) is 6.92 Å². The normalized spacial score (nSPS) is 13.4. The number of carbonyl (C=O) groups is 2. The standard InChI is InChI=1S/C14H20ClN3O2/c1-4-8(2)13(16)14(20)18-10-5-6-12(11(15)7-10)17-9(3)19/h5-8,13H,4,16H2,1-3H3,(H,17,19)(H,18,20)/t8?,13-/m0/s1. The Morgan fingerprint density at radius 1 is 1.35 bits per heavy atom. The predicted octanol–water partition coefficient (Wildman–Crippen LogP) is 2.61. The van der Waals surface area contributed by atoms with Gasteiger partial charge in [-0.15, -0.1) is 0 Å². The summed E-state index contributed by atoms with van der Waals surface area (Å²) in [6.07, 6.45) is 0.830. The molecule has 1 unspecified atom stereocenters. The molecule has 0 saturated heterocycles. The minimum Gasteiger partial charge on any atom is -0.325 e. The summed E-state index contributed by atoms with van der Waals surface area (Å²) in [4.78, 5) is 22.9. The molecule has 0 aliphatic heterocycles. The van der Waals surface area contributed by atoms with E-state index >= 15 is 0 Å². The average molecular weight is 298 g/mol. The van der Waals surface area contributed by atoms with Gasteiger partial charge in [0.05, 0.1) is 16.8 Å². The number of hydrogen-bond donors (Lipinski definition) is 3. The molecule has 0 radical (unpaired) electrons. The van der Waals surface area contributed by atoms with Crippen molar-refractivity contribution in [2.45, 2.75) is 33.2 Å². The molecule has 20 heavy (non-hydrogen) atoms. The fraction of sp³-hybridized carbons (Fsp3) is 0.429. The molecule has 2 amide bonds. The molecule has 0 aliphatic rings. The highest BCUT2D eigenvalue weighted by molar-refractivity contribution is 6.34. The maximum absolute atomic E-state index is 11.9.